The van der Waals surface area contributed by atoms with Crippen LogP contribution in [0.25, 0.3) is 0 Å². The highest BCUT2D eigenvalue weighted by atomic mass is 32.1. The smallest absolute Gasteiger partial charge is 0.274 e. The van der Waals surface area contributed by atoms with Gasteiger partial charge in [-0.1, -0.05) is 36.4 Å². The third kappa shape index (κ3) is 4.39. The second-order valence-corrected chi connectivity index (χ2v) is 7.03. The summed E-state index contributed by atoms with van der Waals surface area (Å²) >= 11 is 0. The van der Waals surface area contributed by atoms with Crippen LogP contribution in [0.2, 0.25) is 0 Å². The maximum Gasteiger partial charge on any atom is 0.274 e. The van der Waals surface area contributed by atoms with Crippen LogP contribution in [0.4, 0.5) is 0 Å². The minimum absolute atomic E-state index is 0. The lowest BCUT2D eigenvalue weighted by molar-refractivity contribution is -0.139. The van der Waals surface area contributed by atoms with Gasteiger partial charge >= 0.3 is 0 Å². The van der Waals surface area contributed by atoms with Gasteiger partial charge in [-0.05, 0) is 24.1 Å². The number of benzene rings is 2. The average molecular weight is 416 g/mol. The molecule has 0 spiro atoms. The lowest BCUT2D eigenvalue weighted by Crippen LogP contribution is -2.40. The van der Waals surface area contributed by atoms with Crippen LogP contribution in [0.15, 0.2) is 48.5 Å². The summed E-state index contributed by atoms with van der Waals surface area (Å²) in [5, 5.41) is 8.87. The van der Waals surface area contributed by atoms with E-state index < -0.39 is 5.91 Å². The first-order valence-corrected chi connectivity index (χ1v) is 9.30. The Morgan fingerprint density at radius 3 is 2.59 bits per heavy atom. The molecule has 8 heteroatoms. The molecule has 2 aromatic rings. The second kappa shape index (κ2) is 9.30. The zero-order chi connectivity index (χ0) is 19.5. The Morgan fingerprint density at radius 1 is 1.10 bits per heavy atom. The molecule has 4 rings (SSSR count). The molecule has 0 aromatic heterocycles. The Balaban J connectivity index is 0.00000240. The van der Waals surface area contributed by atoms with E-state index >= 15 is 0 Å². The Hall–Kier alpha value is -2.55. The van der Waals surface area contributed by atoms with Gasteiger partial charge in [0.2, 0.25) is 5.91 Å². The van der Waals surface area contributed by atoms with E-state index in [1.165, 1.54) is 0 Å². The fourth-order valence-electron chi connectivity index (χ4n) is 3.72. The van der Waals surface area contributed by atoms with Crippen molar-refractivity contribution in [2.75, 3.05) is 19.8 Å². The molecule has 1 fully saturated rings. The number of rotatable bonds is 3. The number of nitrogens with one attached hydrogen (secondary N) is 1. The SMILES string of the molecule is O=C(NO)c1ccc2c(c1)OC[C@H](c1ccccc1)N(C(=O)[C@H]1CCOC1)C2.S. The third-order valence-corrected chi connectivity index (χ3v) is 5.29. The lowest BCUT2D eigenvalue weighted by atomic mass is 10.0. The number of hydrogen-bond donors (Lipinski definition) is 2. The molecule has 2 N–H and O–H groups in total. The molecule has 0 bridgehead atoms. The Labute approximate surface area is 176 Å². The topological polar surface area (TPSA) is 88.1 Å². The highest BCUT2D eigenvalue weighted by molar-refractivity contribution is 7.59. The molecule has 2 aliphatic rings. The van der Waals surface area contributed by atoms with Gasteiger partial charge in [0, 0.05) is 17.7 Å². The van der Waals surface area contributed by atoms with Gasteiger partial charge < -0.3 is 14.4 Å². The molecule has 2 aliphatic heterocycles. The summed E-state index contributed by atoms with van der Waals surface area (Å²) in [6.07, 6.45) is 0.722. The van der Waals surface area contributed by atoms with E-state index in [4.69, 9.17) is 14.7 Å². The Morgan fingerprint density at radius 2 is 1.90 bits per heavy atom. The van der Waals surface area contributed by atoms with E-state index in [9.17, 15) is 9.59 Å². The molecule has 1 saturated heterocycles. The second-order valence-electron chi connectivity index (χ2n) is 7.03. The van der Waals surface area contributed by atoms with Gasteiger partial charge in [0.25, 0.3) is 5.91 Å². The number of amides is 2. The van der Waals surface area contributed by atoms with Crippen LogP contribution in [0.5, 0.6) is 5.75 Å². The number of carbonyl (C=O) groups excluding carboxylic acids is 2. The summed E-state index contributed by atoms with van der Waals surface area (Å²) in [4.78, 5) is 26.8. The van der Waals surface area contributed by atoms with Crippen molar-refractivity contribution in [3.05, 3.63) is 65.2 Å². The molecule has 2 aromatic carbocycles. The summed E-state index contributed by atoms with van der Waals surface area (Å²) in [5.41, 5.74) is 3.74. The van der Waals surface area contributed by atoms with Crippen LogP contribution in [0, 0.1) is 5.92 Å². The largest absolute Gasteiger partial charge is 0.491 e. The van der Waals surface area contributed by atoms with Crippen LogP contribution in [0.1, 0.15) is 33.9 Å². The first-order valence-electron chi connectivity index (χ1n) is 9.30. The average Bonchev–Trinajstić information content (AvgIpc) is 3.21. The van der Waals surface area contributed by atoms with E-state index in [-0.39, 0.29) is 38.0 Å². The predicted octanol–water partition coefficient (Wildman–Crippen LogP) is 2.42. The van der Waals surface area contributed by atoms with Gasteiger partial charge in [0.05, 0.1) is 25.1 Å². The predicted molar refractivity (Wildman–Crippen MR) is 110 cm³/mol. The van der Waals surface area contributed by atoms with Gasteiger partial charge in [-0.25, -0.2) is 5.48 Å². The van der Waals surface area contributed by atoms with E-state index in [1.54, 1.807) is 23.7 Å². The van der Waals surface area contributed by atoms with Crippen molar-refractivity contribution in [3.63, 3.8) is 0 Å². The van der Waals surface area contributed by atoms with Crippen LogP contribution < -0.4 is 10.2 Å². The maximum absolute atomic E-state index is 13.3. The fourth-order valence-corrected chi connectivity index (χ4v) is 3.72. The van der Waals surface area contributed by atoms with E-state index in [0.29, 0.717) is 31.1 Å². The van der Waals surface area contributed by atoms with Crippen molar-refractivity contribution < 1.29 is 24.3 Å². The molecule has 2 amide bonds. The summed E-state index contributed by atoms with van der Waals surface area (Å²) < 4.78 is 11.4. The highest BCUT2D eigenvalue weighted by Gasteiger charge is 2.35. The molecule has 0 unspecified atom stereocenters. The normalized spacial score (nSPS) is 20.7. The molecular weight excluding hydrogens is 392 g/mol. The van der Waals surface area contributed by atoms with E-state index in [1.807, 2.05) is 35.2 Å². The minimum atomic E-state index is -0.605. The van der Waals surface area contributed by atoms with Crippen molar-refractivity contribution in [1.82, 2.24) is 10.4 Å². The number of ether oxygens (including phenoxy) is 2. The van der Waals surface area contributed by atoms with Crippen molar-refractivity contribution >= 4 is 25.3 Å². The monoisotopic (exact) mass is 416 g/mol. The molecule has 7 nitrogen and oxygen atoms in total. The summed E-state index contributed by atoms with van der Waals surface area (Å²) in [5.74, 6) is -0.154. The number of hydrogen-bond acceptors (Lipinski definition) is 5. The van der Waals surface area contributed by atoms with Gasteiger partial charge in [-0.3, -0.25) is 14.8 Å². The molecule has 0 aliphatic carbocycles. The summed E-state index contributed by atoms with van der Waals surface area (Å²) in [6.45, 7) is 1.71. The first kappa shape index (κ1) is 21.2. The van der Waals surface area contributed by atoms with Crippen LogP contribution in [-0.2, 0) is 16.1 Å². The highest BCUT2D eigenvalue weighted by Crippen LogP contribution is 2.34. The van der Waals surface area contributed by atoms with E-state index in [0.717, 1.165) is 17.5 Å². The molecule has 0 saturated carbocycles. The van der Waals surface area contributed by atoms with Crippen LogP contribution in [-0.4, -0.2) is 41.7 Å². The molecular formula is C21H24N2O5S. The molecule has 2 heterocycles. The zero-order valence-corrected chi connectivity index (χ0v) is 16.8. The molecule has 2 atom stereocenters. The fraction of sp³-hybridized carbons (Fsp3) is 0.333. The molecule has 0 radical (unpaired) electrons. The minimum Gasteiger partial charge on any atom is -0.491 e. The van der Waals surface area contributed by atoms with Crippen molar-refractivity contribution in [1.29, 1.82) is 0 Å². The van der Waals surface area contributed by atoms with Gasteiger partial charge in [0.1, 0.15) is 12.4 Å². The van der Waals surface area contributed by atoms with Gasteiger partial charge in [0.15, 0.2) is 0 Å². The van der Waals surface area contributed by atoms with Gasteiger partial charge in [-0.15, -0.1) is 0 Å². The summed E-state index contributed by atoms with van der Waals surface area (Å²) in [6, 6.07) is 14.5. The van der Waals surface area contributed by atoms with Crippen LogP contribution in [0.3, 0.4) is 0 Å². The quantitative estimate of drug-likeness (QED) is 0.593. The Kier molecular flexibility index (Phi) is 6.79. The lowest BCUT2D eigenvalue weighted by Gasteiger charge is -2.31. The number of fused-ring (bicyclic) bond motifs is 1. The Bertz CT molecular complexity index is 871. The molecule has 29 heavy (non-hydrogen) atoms. The summed E-state index contributed by atoms with van der Waals surface area (Å²) in [7, 11) is 0. The van der Waals surface area contributed by atoms with E-state index in [2.05, 4.69) is 0 Å². The van der Waals surface area contributed by atoms with Crippen molar-refractivity contribution in [3.8, 4) is 5.75 Å². The number of nitrogens with zero attached hydrogens (tertiary/aromatic N) is 1. The zero-order valence-electron chi connectivity index (χ0n) is 15.8. The number of hydroxylamine groups is 1. The molecule has 154 valence electrons. The third-order valence-electron chi connectivity index (χ3n) is 5.29. The first-order chi connectivity index (χ1) is 13.7. The number of carbonyl (C=O) groups is 2. The maximum atomic E-state index is 13.3. The van der Waals surface area contributed by atoms with Crippen LogP contribution >= 0.6 is 13.5 Å². The van der Waals surface area contributed by atoms with Gasteiger partial charge in [-0.2, -0.15) is 13.5 Å². The van der Waals surface area contributed by atoms with Crippen molar-refractivity contribution in [2.45, 2.75) is 19.0 Å². The standard InChI is InChI=1S/C21H22N2O5.H2S/c24-20(22-26)15-6-7-16-11-23(21(25)17-8-9-27-12-17)18(13-28-19(16)10-15)14-4-2-1-3-5-14;/h1-7,10,17-18,26H,8-9,11-13H2,(H,22,24);1H2/t17-,18+;/m0./s1. The van der Waals surface area contributed by atoms with Crippen molar-refractivity contribution in [2.24, 2.45) is 5.92 Å².